The molecule has 172 valence electrons. The summed E-state index contributed by atoms with van der Waals surface area (Å²) >= 11 is 0. The van der Waals surface area contributed by atoms with Gasteiger partial charge in [-0.15, -0.1) is 0 Å². The Balaban J connectivity index is 1.82. The minimum atomic E-state index is 0.0993. The maximum Gasteiger partial charge on any atom is 0.234 e. The van der Waals surface area contributed by atoms with Gasteiger partial charge in [0.25, 0.3) is 0 Å². The molecule has 34 heavy (non-hydrogen) atoms. The molecule has 2 heterocycles. The second kappa shape index (κ2) is 6.91. The topological polar surface area (TPSA) is 29.9 Å². The van der Waals surface area contributed by atoms with Crippen LogP contribution in [0.15, 0.2) is 53.3 Å². The minimum absolute atomic E-state index is 0.0993. The number of nitrogens with zero attached hydrogens (tertiary/aromatic N) is 2. The normalized spacial score (nSPS) is 16.9. The molecule has 2 aromatic heterocycles. The number of benzene rings is 3. The Morgan fingerprint density at radius 1 is 0.912 bits per heavy atom. The van der Waals surface area contributed by atoms with E-state index in [1.165, 1.54) is 56.6 Å². The predicted molar refractivity (Wildman–Crippen MR) is 140 cm³/mol. The van der Waals surface area contributed by atoms with E-state index >= 15 is 0 Å². The summed E-state index contributed by atoms with van der Waals surface area (Å²) in [6.45, 7) is 14.0. The highest BCUT2D eigenvalue weighted by Crippen LogP contribution is 2.51. The van der Waals surface area contributed by atoms with E-state index < -0.39 is 0 Å². The van der Waals surface area contributed by atoms with Crippen LogP contribution >= 0.6 is 0 Å². The molecule has 3 heteroatoms. The number of aromatic nitrogens is 2. The average Bonchev–Trinajstić information content (AvgIpc) is 3.16. The molecule has 0 unspecified atom stereocenters. The number of fused-ring (bicyclic) bond motifs is 7. The fourth-order valence-electron chi connectivity index (χ4n) is 6.13. The van der Waals surface area contributed by atoms with Crippen molar-refractivity contribution in [2.45, 2.75) is 65.2 Å². The van der Waals surface area contributed by atoms with Crippen molar-refractivity contribution in [1.29, 1.82) is 0 Å². The van der Waals surface area contributed by atoms with E-state index in [9.17, 15) is 0 Å². The van der Waals surface area contributed by atoms with Crippen molar-refractivity contribution < 1.29 is 8.98 Å². The van der Waals surface area contributed by atoms with Crippen LogP contribution in [-0.2, 0) is 17.9 Å². The summed E-state index contributed by atoms with van der Waals surface area (Å²) in [5.41, 5.74) is 9.89. The second-order valence-corrected chi connectivity index (χ2v) is 11.5. The second-order valence-electron chi connectivity index (χ2n) is 11.5. The lowest BCUT2D eigenvalue weighted by molar-refractivity contribution is -0.660. The molecule has 0 fully saturated rings. The van der Waals surface area contributed by atoms with Gasteiger partial charge in [-0.3, -0.25) is 4.98 Å². The fraction of sp³-hybridized carbons (Fsp3) is 0.355. The van der Waals surface area contributed by atoms with E-state index in [4.69, 9.17) is 4.42 Å². The van der Waals surface area contributed by atoms with E-state index in [-0.39, 0.29) is 10.8 Å². The van der Waals surface area contributed by atoms with Crippen molar-refractivity contribution in [1.82, 2.24) is 4.98 Å². The smallest absolute Gasteiger partial charge is 0.234 e. The van der Waals surface area contributed by atoms with Crippen LogP contribution in [0, 0.1) is 13.8 Å². The van der Waals surface area contributed by atoms with Crippen LogP contribution in [0.4, 0.5) is 0 Å². The molecular formula is C31H33N2O+. The number of aryl methyl sites for hydroxylation is 2. The van der Waals surface area contributed by atoms with Gasteiger partial charge < -0.3 is 4.42 Å². The SMILES string of the molecule is Cc1cc2c(oc3c2ccc2ccc4c(c23)C(C)(C)CCC4(C)C)c(-c2cncc[n+]2C)c1C. The quantitative estimate of drug-likeness (QED) is 0.247. The molecule has 1 aliphatic rings. The third-order valence-electron chi connectivity index (χ3n) is 8.42. The molecular weight excluding hydrogens is 416 g/mol. The number of furan rings is 1. The molecule has 0 saturated carbocycles. The lowest BCUT2D eigenvalue weighted by Crippen LogP contribution is -2.34. The van der Waals surface area contributed by atoms with Gasteiger partial charge in [0.05, 0.1) is 18.0 Å². The highest BCUT2D eigenvalue weighted by atomic mass is 16.3. The molecule has 3 nitrogen and oxygen atoms in total. The summed E-state index contributed by atoms with van der Waals surface area (Å²) in [6.07, 6.45) is 8.16. The standard InChI is InChI=1S/C31H33N2O/c1-18-16-22-21-10-8-20-9-11-23-27(31(5,6)13-12-30(23,3)4)26(20)28(21)34-29(22)25(19(18)2)24-17-32-14-15-33(24)7/h8-11,14-17H,12-13H2,1-7H3/q+1. The Hall–Kier alpha value is -3.20. The summed E-state index contributed by atoms with van der Waals surface area (Å²) in [6, 6.07) is 11.5. The first-order valence-electron chi connectivity index (χ1n) is 12.3. The van der Waals surface area contributed by atoms with Gasteiger partial charge >= 0.3 is 0 Å². The number of rotatable bonds is 1. The van der Waals surface area contributed by atoms with E-state index in [0.29, 0.717) is 0 Å². The monoisotopic (exact) mass is 449 g/mol. The Kier molecular flexibility index (Phi) is 4.34. The van der Waals surface area contributed by atoms with Crippen molar-refractivity contribution in [3.63, 3.8) is 0 Å². The van der Waals surface area contributed by atoms with Crippen molar-refractivity contribution in [2.24, 2.45) is 7.05 Å². The molecule has 0 spiro atoms. The Morgan fingerprint density at radius 2 is 1.65 bits per heavy atom. The first kappa shape index (κ1) is 21.3. The maximum atomic E-state index is 6.93. The predicted octanol–water partition coefficient (Wildman–Crippen LogP) is 7.59. The zero-order chi connectivity index (χ0) is 24.0. The molecule has 0 atom stereocenters. The van der Waals surface area contributed by atoms with Crippen LogP contribution in [-0.4, -0.2) is 4.98 Å². The molecule has 0 radical (unpaired) electrons. The van der Waals surface area contributed by atoms with Crippen molar-refractivity contribution in [3.05, 3.63) is 71.2 Å². The molecule has 5 aromatic rings. The third kappa shape index (κ3) is 2.82. The van der Waals surface area contributed by atoms with Gasteiger partial charge in [0.1, 0.15) is 18.2 Å². The summed E-state index contributed by atoms with van der Waals surface area (Å²) < 4.78 is 9.06. The lowest BCUT2D eigenvalue weighted by atomic mass is 9.62. The van der Waals surface area contributed by atoms with Gasteiger partial charge in [0, 0.05) is 16.2 Å². The highest BCUT2D eigenvalue weighted by Gasteiger charge is 2.39. The molecule has 0 saturated heterocycles. The minimum Gasteiger partial charge on any atom is -0.454 e. The molecule has 0 bridgehead atoms. The van der Waals surface area contributed by atoms with Gasteiger partial charge in [-0.2, -0.15) is 4.57 Å². The van der Waals surface area contributed by atoms with Crippen molar-refractivity contribution in [2.75, 3.05) is 0 Å². The van der Waals surface area contributed by atoms with Gasteiger partial charge in [0.15, 0.2) is 6.20 Å². The first-order valence-corrected chi connectivity index (χ1v) is 12.3. The maximum absolute atomic E-state index is 6.93. The first-order chi connectivity index (χ1) is 16.1. The summed E-state index contributed by atoms with van der Waals surface area (Å²) in [4.78, 5) is 4.43. The van der Waals surface area contributed by atoms with E-state index in [1.54, 1.807) is 0 Å². The van der Waals surface area contributed by atoms with Crippen molar-refractivity contribution >= 4 is 32.7 Å². The van der Waals surface area contributed by atoms with Gasteiger partial charge in [0.2, 0.25) is 5.69 Å². The third-order valence-corrected chi connectivity index (χ3v) is 8.42. The Morgan fingerprint density at radius 3 is 2.41 bits per heavy atom. The van der Waals surface area contributed by atoms with Gasteiger partial charge in [-0.05, 0) is 77.3 Å². The van der Waals surface area contributed by atoms with E-state index in [2.05, 4.69) is 88.5 Å². The van der Waals surface area contributed by atoms with Crippen LogP contribution in [0.2, 0.25) is 0 Å². The summed E-state index contributed by atoms with van der Waals surface area (Å²) in [5, 5.41) is 4.94. The highest BCUT2D eigenvalue weighted by molar-refractivity contribution is 6.18. The largest absolute Gasteiger partial charge is 0.454 e. The average molecular weight is 450 g/mol. The Bertz CT molecular complexity index is 1640. The van der Waals surface area contributed by atoms with E-state index in [1.807, 2.05) is 18.6 Å². The molecule has 3 aromatic carbocycles. The summed E-state index contributed by atoms with van der Waals surface area (Å²) in [5.74, 6) is 0. The van der Waals surface area contributed by atoms with E-state index in [0.717, 1.165) is 22.4 Å². The van der Waals surface area contributed by atoms with Gasteiger partial charge in [-0.25, -0.2) is 0 Å². The molecule has 0 amide bonds. The van der Waals surface area contributed by atoms with Crippen LogP contribution in [0.3, 0.4) is 0 Å². The fourth-order valence-corrected chi connectivity index (χ4v) is 6.13. The van der Waals surface area contributed by atoms with Crippen LogP contribution in [0.5, 0.6) is 0 Å². The Labute approximate surface area is 201 Å². The molecule has 0 aliphatic heterocycles. The van der Waals surface area contributed by atoms with Crippen LogP contribution in [0.25, 0.3) is 44.0 Å². The molecule has 1 aliphatic carbocycles. The molecule has 6 rings (SSSR count). The summed E-state index contributed by atoms with van der Waals surface area (Å²) in [7, 11) is 2.07. The van der Waals surface area contributed by atoms with Gasteiger partial charge in [-0.1, -0.05) is 45.9 Å². The van der Waals surface area contributed by atoms with Crippen LogP contribution < -0.4 is 4.57 Å². The zero-order valence-electron chi connectivity index (χ0n) is 21.3. The number of hydrogen-bond acceptors (Lipinski definition) is 2. The molecule has 0 N–H and O–H groups in total. The lowest BCUT2D eigenvalue weighted by Gasteiger charge is -2.42. The number of hydrogen-bond donors (Lipinski definition) is 0. The zero-order valence-corrected chi connectivity index (χ0v) is 21.3. The van der Waals surface area contributed by atoms with Crippen molar-refractivity contribution in [3.8, 4) is 11.3 Å². The van der Waals surface area contributed by atoms with Crippen LogP contribution in [0.1, 0.15) is 62.8 Å².